The summed E-state index contributed by atoms with van der Waals surface area (Å²) in [4.78, 5) is 3.59. The highest BCUT2D eigenvalue weighted by atomic mass is 79.9. The highest BCUT2D eigenvalue weighted by Crippen LogP contribution is 2.21. The maximum Gasteiger partial charge on any atom is 0.127 e. The van der Waals surface area contributed by atoms with E-state index in [0.29, 0.717) is 13.2 Å². The third kappa shape index (κ3) is 3.04. The van der Waals surface area contributed by atoms with Crippen LogP contribution in [0.25, 0.3) is 0 Å². The Morgan fingerprint density at radius 2 is 2.56 bits per heavy atom. The second-order valence-corrected chi connectivity index (χ2v) is 5.69. The summed E-state index contributed by atoms with van der Waals surface area (Å²) in [6, 6.07) is 2.13. The van der Waals surface area contributed by atoms with E-state index >= 15 is 0 Å². The van der Waals surface area contributed by atoms with Crippen LogP contribution < -0.4 is 5.73 Å². The minimum atomic E-state index is -0.239. The molecule has 1 aromatic rings. The fraction of sp³-hybridized carbons (Fsp3) is 0.500. The van der Waals surface area contributed by atoms with E-state index in [1.54, 1.807) is 11.3 Å². The van der Waals surface area contributed by atoms with Crippen molar-refractivity contribution in [1.82, 2.24) is 4.90 Å². The van der Waals surface area contributed by atoms with Gasteiger partial charge in [-0.15, -0.1) is 11.3 Å². The summed E-state index contributed by atoms with van der Waals surface area (Å²) in [5.41, 5.74) is 5.45. The van der Waals surface area contributed by atoms with Gasteiger partial charge in [-0.25, -0.2) is 0 Å². The van der Waals surface area contributed by atoms with Crippen LogP contribution >= 0.6 is 27.3 Å². The number of hydrogen-bond acceptors (Lipinski definition) is 4. The van der Waals surface area contributed by atoms with Gasteiger partial charge in [0.2, 0.25) is 0 Å². The zero-order valence-electron chi connectivity index (χ0n) is 8.78. The highest BCUT2D eigenvalue weighted by molar-refractivity contribution is 9.10. The Bertz CT molecular complexity index is 382. The molecule has 1 unspecified atom stereocenters. The number of halogens is 1. The van der Waals surface area contributed by atoms with Crippen LogP contribution in [-0.2, 0) is 11.3 Å². The molecule has 0 aromatic carbocycles. The largest absolute Gasteiger partial charge is 0.385 e. The molecule has 0 saturated carbocycles. The Morgan fingerprint density at radius 3 is 3.19 bits per heavy atom. The smallest absolute Gasteiger partial charge is 0.127 e. The SMILES string of the molecule is N=C(N)C1CN(Cc2cc(Br)cs2)CCO1. The predicted molar refractivity (Wildman–Crippen MR) is 69.0 cm³/mol. The minimum Gasteiger partial charge on any atom is -0.385 e. The van der Waals surface area contributed by atoms with E-state index in [-0.39, 0.29) is 11.9 Å². The molecular formula is C10H14BrN3OS. The van der Waals surface area contributed by atoms with E-state index in [4.69, 9.17) is 15.9 Å². The van der Waals surface area contributed by atoms with Crippen molar-refractivity contribution >= 4 is 33.1 Å². The van der Waals surface area contributed by atoms with Gasteiger partial charge >= 0.3 is 0 Å². The van der Waals surface area contributed by atoms with Crippen molar-refractivity contribution in [3.05, 3.63) is 20.8 Å². The molecule has 0 radical (unpaired) electrons. The summed E-state index contributed by atoms with van der Waals surface area (Å²) >= 11 is 5.18. The lowest BCUT2D eigenvalue weighted by molar-refractivity contribution is 0.00273. The second kappa shape index (κ2) is 5.27. The molecule has 88 valence electrons. The van der Waals surface area contributed by atoms with Gasteiger partial charge in [-0.3, -0.25) is 10.3 Å². The Morgan fingerprint density at radius 1 is 1.75 bits per heavy atom. The topological polar surface area (TPSA) is 62.3 Å². The fourth-order valence-electron chi connectivity index (χ4n) is 1.69. The van der Waals surface area contributed by atoms with Crippen molar-refractivity contribution in [1.29, 1.82) is 5.41 Å². The molecule has 2 rings (SSSR count). The van der Waals surface area contributed by atoms with Gasteiger partial charge in [0.05, 0.1) is 6.61 Å². The molecule has 4 nitrogen and oxygen atoms in total. The first kappa shape index (κ1) is 12.0. The Balaban J connectivity index is 1.92. The Labute approximate surface area is 107 Å². The van der Waals surface area contributed by atoms with Crippen molar-refractivity contribution in [2.24, 2.45) is 5.73 Å². The van der Waals surface area contributed by atoms with E-state index < -0.39 is 0 Å². The first-order chi connectivity index (χ1) is 7.65. The summed E-state index contributed by atoms with van der Waals surface area (Å²) in [5, 5.41) is 9.47. The molecule has 3 N–H and O–H groups in total. The second-order valence-electron chi connectivity index (χ2n) is 3.78. The lowest BCUT2D eigenvalue weighted by Crippen LogP contribution is -2.47. The lowest BCUT2D eigenvalue weighted by atomic mass is 10.2. The van der Waals surface area contributed by atoms with Crippen molar-refractivity contribution < 1.29 is 4.74 Å². The molecule has 0 aliphatic carbocycles. The summed E-state index contributed by atoms with van der Waals surface area (Å²) in [7, 11) is 0. The molecule has 1 fully saturated rings. The first-order valence-corrected chi connectivity index (χ1v) is 6.73. The Hall–Kier alpha value is -0.430. The number of ether oxygens (including phenoxy) is 1. The number of nitrogens with zero attached hydrogens (tertiary/aromatic N) is 1. The van der Waals surface area contributed by atoms with Gasteiger partial charge in [-0.1, -0.05) is 0 Å². The first-order valence-electron chi connectivity index (χ1n) is 5.06. The maximum absolute atomic E-state index is 7.38. The van der Waals surface area contributed by atoms with E-state index in [2.05, 4.69) is 32.3 Å². The molecule has 1 aliphatic rings. The number of hydrogen-bond donors (Lipinski definition) is 2. The molecule has 6 heteroatoms. The predicted octanol–water partition coefficient (Wildman–Crippen LogP) is 1.65. The number of nitrogens with two attached hydrogens (primary N) is 1. The zero-order valence-corrected chi connectivity index (χ0v) is 11.2. The zero-order chi connectivity index (χ0) is 11.5. The van der Waals surface area contributed by atoms with Gasteiger partial charge in [-0.05, 0) is 22.0 Å². The van der Waals surface area contributed by atoms with Crippen LogP contribution in [0.1, 0.15) is 4.88 Å². The maximum atomic E-state index is 7.38. The molecule has 0 spiro atoms. The molecule has 1 atom stereocenters. The van der Waals surface area contributed by atoms with Gasteiger partial charge in [0.25, 0.3) is 0 Å². The fourth-order valence-corrected chi connectivity index (χ4v) is 3.18. The molecule has 2 heterocycles. The van der Waals surface area contributed by atoms with E-state index in [9.17, 15) is 0 Å². The van der Waals surface area contributed by atoms with E-state index in [1.807, 2.05) is 0 Å². The summed E-state index contributed by atoms with van der Waals surface area (Å²) in [6.07, 6.45) is -0.239. The van der Waals surface area contributed by atoms with Crippen LogP contribution in [0.5, 0.6) is 0 Å². The van der Waals surface area contributed by atoms with Crippen LogP contribution in [0.4, 0.5) is 0 Å². The molecule has 1 saturated heterocycles. The molecule has 16 heavy (non-hydrogen) atoms. The number of thiophene rings is 1. The summed E-state index contributed by atoms with van der Waals surface area (Å²) in [5.74, 6) is 0.122. The number of rotatable bonds is 3. The third-order valence-corrected chi connectivity index (χ3v) is 4.18. The van der Waals surface area contributed by atoms with E-state index in [1.165, 1.54) is 4.88 Å². The van der Waals surface area contributed by atoms with Gasteiger partial charge in [0.15, 0.2) is 0 Å². The Kier molecular flexibility index (Phi) is 3.96. The number of morpholine rings is 1. The molecule has 1 aromatic heterocycles. The van der Waals surface area contributed by atoms with Crippen LogP contribution in [0.2, 0.25) is 0 Å². The number of nitrogens with one attached hydrogen (secondary N) is 1. The molecule has 0 bridgehead atoms. The van der Waals surface area contributed by atoms with E-state index in [0.717, 1.165) is 17.6 Å². The average Bonchev–Trinajstić information content (AvgIpc) is 2.64. The van der Waals surface area contributed by atoms with Gasteiger partial charge < -0.3 is 10.5 Å². The molecule has 1 aliphatic heterocycles. The normalized spacial score (nSPS) is 22.2. The monoisotopic (exact) mass is 303 g/mol. The summed E-state index contributed by atoms with van der Waals surface area (Å²) < 4.78 is 6.54. The van der Waals surface area contributed by atoms with Crippen LogP contribution in [-0.4, -0.2) is 36.5 Å². The van der Waals surface area contributed by atoms with Gasteiger partial charge in [-0.2, -0.15) is 0 Å². The standard InChI is InChI=1S/C10H14BrN3OS/c11-7-3-8(16-6-7)4-14-1-2-15-9(5-14)10(12)13/h3,6,9H,1-2,4-5H2,(H3,12,13). The van der Waals surface area contributed by atoms with Crippen molar-refractivity contribution in [2.75, 3.05) is 19.7 Å². The van der Waals surface area contributed by atoms with Crippen molar-refractivity contribution in [2.45, 2.75) is 12.6 Å². The third-order valence-electron chi connectivity index (χ3n) is 2.50. The van der Waals surface area contributed by atoms with Gasteiger partial charge in [0, 0.05) is 34.4 Å². The van der Waals surface area contributed by atoms with Crippen molar-refractivity contribution in [3.8, 4) is 0 Å². The average molecular weight is 304 g/mol. The van der Waals surface area contributed by atoms with Crippen LogP contribution in [0, 0.1) is 5.41 Å². The quantitative estimate of drug-likeness (QED) is 0.659. The molecule has 0 amide bonds. The van der Waals surface area contributed by atoms with Crippen LogP contribution in [0.3, 0.4) is 0 Å². The lowest BCUT2D eigenvalue weighted by Gasteiger charge is -2.31. The minimum absolute atomic E-state index is 0.122. The number of amidine groups is 1. The van der Waals surface area contributed by atoms with Crippen molar-refractivity contribution in [3.63, 3.8) is 0 Å². The summed E-state index contributed by atoms with van der Waals surface area (Å²) in [6.45, 7) is 3.17. The highest BCUT2D eigenvalue weighted by Gasteiger charge is 2.22. The van der Waals surface area contributed by atoms with Gasteiger partial charge in [0.1, 0.15) is 11.9 Å². The molecular weight excluding hydrogens is 290 g/mol. The van der Waals surface area contributed by atoms with Crippen LogP contribution in [0.15, 0.2) is 15.9 Å².